The topological polar surface area (TPSA) is 586 Å². The number of rotatable bonds is 34. The van der Waals surface area contributed by atoms with Crippen LogP contribution in [0, 0.1) is 28.1 Å². The van der Waals surface area contributed by atoms with Gasteiger partial charge in [0.1, 0.15) is 85.5 Å². The van der Waals surface area contributed by atoms with Crippen molar-refractivity contribution in [3.63, 3.8) is 0 Å². The number of hydrogen-bond acceptors (Lipinski definition) is 34. The van der Waals surface area contributed by atoms with E-state index in [4.69, 9.17) is 43.0 Å². The molecule has 2 bridgehead atoms. The summed E-state index contributed by atoms with van der Waals surface area (Å²) in [7, 11) is 0. The zero-order chi connectivity index (χ0) is 67.1. The van der Waals surface area contributed by atoms with Gasteiger partial charge in [0.2, 0.25) is 25.2 Å². The van der Waals surface area contributed by atoms with Crippen molar-refractivity contribution in [2.75, 3.05) is 39.6 Å². The van der Waals surface area contributed by atoms with Crippen LogP contribution in [0.4, 0.5) is 0 Å². The van der Waals surface area contributed by atoms with Gasteiger partial charge in [-0.1, -0.05) is 19.9 Å². The molecule has 90 heavy (non-hydrogen) atoms. The minimum Gasteiger partial charge on any atom is -0.460 e. The normalized spacial score (nSPS) is 38.7. The molecule has 30 atom stereocenters. The molecule has 34 nitrogen and oxygen atoms in total. The first-order chi connectivity index (χ1) is 42.3. The lowest BCUT2D eigenvalue weighted by Gasteiger charge is -2.64. The summed E-state index contributed by atoms with van der Waals surface area (Å²) >= 11 is 0. The highest BCUT2D eigenvalue weighted by molar-refractivity contribution is 5.77. The second-order valence-electron chi connectivity index (χ2n) is 25.2. The van der Waals surface area contributed by atoms with Crippen molar-refractivity contribution in [3.05, 3.63) is 23.7 Å². The predicted molar refractivity (Wildman–Crippen MR) is 293 cm³/mol. The molecule has 4 aliphatic carbocycles. The van der Waals surface area contributed by atoms with Crippen molar-refractivity contribution in [1.29, 1.82) is 0 Å². The van der Waals surface area contributed by atoms with Crippen LogP contribution in [0.1, 0.15) is 97.3 Å². The molecular formula is C56H96O34. The minimum atomic E-state index is -2.71. The molecule has 6 rings (SSSR count). The Hall–Kier alpha value is -2.65. The number of carbonyl (C=O) groups excluding carboxylic acids is 1. The molecule has 2 saturated heterocycles. The van der Waals surface area contributed by atoms with Gasteiger partial charge in [-0.2, -0.15) is 0 Å². The highest BCUT2D eigenvalue weighted by Crippen LogP contribution is 2.73. The van der Waals surface area contributed by atoms with Gasteiger partial charge in [-0.15, -0.1) is 0 Å². The van der Waals surface area contributed by atoms with Gasteiger partial charge < -0.3 is 155 Å². The van der Waals surface area contributed by atoms with Crippen molar-refractivity contribution >= 4 is 5.97 Å². The second-order valence-corrected chi connectivity index (χ2v) is 25.2. The molecule has 0 amide bonds. The van der Waals surface area contributed by atoms with Gasteiger partial charge in [0.15, 0.2) is 30.2 Å². The molecule has 1 spiro atoms. The largest absolute Gasteiger partial charge is 0.460 e. The van der Waals surface area contributed by atoms with Crippen molar-refractivity contribution in [3.8, 4) is 0 Å². The van der Waals surface area contributed by atoms with E-state index in [9.17, 15) is 122 Å². The molecule has 6 aliphatic rings. The number of aliphatic hydroxyl groups is 23. The molecule has 0 radical (unpaired) electrons. The standard InChI is InChI=1S/C56H96O34/c1-23-19-55-13-5-30-53(2,11-4-12-54(30,3)52(80)88-48(78)45(90-81)43(26(64)9-17-59)86-50-40(74)36(70)34(68)28(20-60)83-50)31(55)6-14-56(23,22-55)89-49(79)44(87-51-41(75)37(71)35(69)29(21-61)84-51)42(85-47(77)39(73)33(67)25(63)8-16-58)27(65)10-18-82-46(76)38(72)32(66)24(62)7-15-57/h24-41,43,45-51,57-79,81H,1,4-22H2,2-3H3/b44-42+/t24?,25?,26?,27?,28?,29?,30?,31-,32?,33?,34?,35?,36?,37?,38?,39?,40?,41?,43?,45?,46?,47?,48?,49?,50?,51?,53+,54+,55?,56?/m0/s1. The highest BCUT2D eigenvalue weighted by Gasteiger charge is 2.69. The molecule has 524 valence electrons. The number of carbonyl (C=O) groups is 1. The smallest absolute Gasteiger partial charge is 0.314 e. The first kappa shape index (κ1) is 76.4. The van der Waals surface area contributed by atoms with Gasteiger partial charge in [-0.25, -0.2) is 4.89 Å². The highest BCUT2D eigenvalue weighted by atomic mass is 17.1. The van der Waals surface area contributed by atoms with Crippen LogP contribution in [0.5, 0.6) is 0 Å². The van der Waals surface area contributed by atoms with Crippen molar-refractivity contribution in [2.45, 2.75) is 251 Å². The van der Waals surface area contributed by atoms with Crippen LogP contribution in [0.15, 0.2) is 23.7 Å². The van der Waals surface area contributed by atoms with Crippen LogP contribution >= 0.6 is 0 Å². The fourth-order valence-electron chi connectivity index (χ4n) is 14.6. The van der Waals surface area contributed by atoms with Crippen LogP contribution < -0.4 is 0 Å². The average Bonchev–Trinajstić information content (AvgIpc) is 1.39. The zero-order valence-electron chi connectivity index (χ0n) is 50.0. The third-order valence-corrected chi connectivity index (χ3v) is 19.5. The number of ether oxygens (including phenoxy) is 8. The lowest BCUT2D eigenvalue weighted by molar-refractivity contribution is -0.378. The lowest BCUT2D eigenvalue weighted by Crippen LogP contribution is -2.62. The number of esters is 1. The zero-order valence-corrected chi connectivity index (χ0v) is 50.0. The quantitative estimate of drug-likeness (QED) is 0.00710. The molecule has 27 unspecified atom stereocenters. The van der Waals surface area contributed by atoms with E-state index in [0.717, 1.165) is 0 Å². The van der Waals surface area contributed by atoms with E-state index in [-0.39, 0.29) is 31.6 Å². The van der Waals surface area contributed by atoms with E-state index in [0.29, 0.717) is 37.7 Å². The Labute approximate surface area is 517 Å². The van der Waals surface area contributed by atoms with E-state index in [1.165, 1.54) is 0 Å². The van der Waals surface area contributed by atoms with E-state index < -0.39 is 258 Å². The second kappa shape index (κ2) is 32.4. The van der Waals surface area contributed by atoms with Crippen LogP contribution in [0.3, 0.4) is 0 Å². The maximum atomic E-state index is 14.7. The Morgan fingerprint density at radius 2 is 1.12 bits per heavy atom. The van der Waals surface area contributed by atoms with Crippen LogP contribution in [0.2, 0.25) is 0 Å². The maximum Gasteiger partial charge on any atom is 0.314 e. The van der Waals surface area contributed by atoms with Crippen LogP contribution in [-0.4, -0.2) is 322 Å². The summed E-state index contributed by atoms with van der Waals surface area (Å²) in [6, 6.07) is 0. The van der Waals surface area contributed by atoms with Crippen LogP contribution in [0.25, 0.3) is 0 Å². The van der Waals surface area contributed by atoms with Gasteiger partial charge in [0.05, 0.1) is 49.1 Å². The fraction of sp³-hybridized carbons (Fsp3) is 0.911. The molecule has 0 aromatic rings. The third-order valence-electron chi connectivity index (χ3n) is 19.5. The number of fused-ring (bicyclic) bond motifs is 3. The summed E-state index contributed by atoms with van der Waals surface area (Å²) in [6.07, 6.45) is -50.1. The molecule has 0 aromatic carbocycles. The molecule has 2 aliphatic heterocycles. The minimum absolute atomic E-state index is 0.0638. The Balaban J connectivity index is 1.30. The van der Waals surface area contributed by atoms with E-state index in [1.807, 2.05) is 6.92 Å². The van der Waals surface area contributed by atoms with E-state index >= 15 is 0 Å². The predicted octanol–water partition coefficient (Wildman–Crippen LogP) is -8.56. The molecule has 2 heterocycles. The van der Waals surface area contributed by atoms with Gasteiger partial charge in [-0.05, 0) is 106 Å². The first-order valence-corrected chi connectivity index (χ1v) is 30.1. The molecule has 24 N–H and O–H groups in total. The van der Waals surface area contributed by atoms with Crippen LogP contribution in [-0.2, 0) is 47.6 Å². The first-order valence-electron chi connectivity index (χ1n) is 30.1. The van der Waals surface area contributed by atoms with Crippen molar-refractivity contribution < 1.29 is 170 Å². The SMILES string of the molecule is C=C1CC23CCC4[C@](C)(C(=O)OC(O)C(OO)C(OC5OC(CO)C(O)C(O)C5O)C(O)CCO)CCC[C@@]4(C)[C@@H]2CCC1(OC(O)/C(OC1OC(CO)C(O)C(O)C1O)=C(\OC(O)C(O)C(O)C(O)CCO)C(O)CCOC(O)C(O)C(O)C(O)CCO)C3. The summed E-state index contributed by atoms with van der Waals surface area (Å²) in [6.45, 7) is 3.30. The van der Waals surface area contributed by atoms with E-state index in [1.54, 1.807) is 6.92 Å². The summed E-state index contributed by atoms with van der Waals surface area (Å²) in [5.41, 5.74) is -3.89. The Morgan fingerprint density at radius 1 is 0.589 bits per heavy atom. The number of hydrogen-bond donors (Lipinski definition) is 24. The summed E-state index contributed by atoms with van der Waals surface area (Å²) in [5, 5.41) is 254. The van der Waals surface area contributed by atoms with E-state index in [2.05, 4.69) is 11.5 Å². The van der Waals surface area contributed by atoms with Crippen molar-refractivity contribution in [2.24, 2.45) is 28.1 Å². The van der Waals surface area contributed by atoms with Gasteiger partial charge in [0, 0.05) is 26.2 Å². The Bertz CT molecular complexity index is 2290. The molecule has 4 saturated carbocycles. The van der Waals surface area contributed by atoms with Gasteiger partial charge in [-0.3, -0.25) is 10.1 Å². The molecule has 6 fully saturated rings. The van der Waals surface area contributed by atoms with Crippen molar-refractivity contribution in [1.82, 2.24) is 0 Å². The summed E-state index contributed by atoms with van der Waals surface area (Å²) in [4.78, 5) is 19.2. The summed E-state index contributed by atoms with van der Waals surface area (Å²) < 4.78 is 45.6. The van der Waals surface area contributed by atoms with Gasteiger partial charge in [0.25, 0.3) is 0 Å². The average molecular weight is 1310 g/mol. The maximum absolute atomic E-state index is 14.7. The lowest BCUT2D eigenvalue weighted by atomic mass is 9.41. The molecular weight excluding hydrogens is 1220 g/mol. The van der Waals surface area contributed by atoms with Gasteiger partial charge >= 0.3 is 5.97 Å². The third kappa shape index (κ3) is 16.1. The number of aliphatic hydroxyl groups excluding tert-OH is 23. The monoisotopic (exact) mass is 1310 g/mol. The summed E-state index contributed by atoms with van der Waals surface area (Å²) in [5.74, 6) is -3.93. The Kier molecular flexibility index (Phi) is 27.5. The molecule has 34 heteroatoms. The molecule has 0 aromatic heterocycles. The Morgan fingerprint density at radius 3 is 1.68 bits per heavy atom. The fourth-order valence-corrected chi connectivity index (χ4v) is 14.6.